The van der Waals surface area contributed by atoms with Crippen LogP contribution in [0.4, 0.5) is 0 Å². The third-order valence-electron chi connectivity index (χ3n) is 9.05. The molecule has 4 heterocycles. The molecule has 5 rings (SSSR count). The highest BCUT2D eigenvalue weighted by molar-refractivity contribution is 6.78. The topological polar surface area (TPSA) is 69.5 Å². The zero-order chi connectivity index (χ0) is 27.9. The lowest BCUT2D eigenvalue weighted by Crippen LogP contribution is -2.50. The monoisotopic (exact) mass is 548 g/mol. The smallest absolute Gasteiger partial charge is 0.260 e. The van der Waals surface area contributed by atoms with Crippen LogP contribution in [-0.2, 0) is 22.5 Å². The highest BCUT2D eigenvalue weighted by Gasteiger charge is 2.47. The Morgan fingerprint density at radius 2 is 1.77 bits per heavy atom. The Morgan fingerprint density at radius 3 is 2.41 bits per heavy atom. The SMILES string of the molecule is CC(=O)N1CCc2c(c(-c3cccc4cc(O[Si](C(C)C)(C(C)C)C(C)C)ncc34)nn2C2CCOCC2)C1. The number of nitrogens with zero attached hydrogens (tertiary/aromatic N) is 4. The fourth-order valence-electron chi connectivity index (χ4n) is 7.11. The lowest BCUT2D eigenvalue weighted by atomic mass is 9.97. The van der Waals surface area contributed by atoms with Crippen molar-refractivity contribution in [3.8, 4) is 17.1 Å². The van der Waals surface area contributed by atoms with Gasteiger partial charge in [0.25, 0.3) is 8.32 Å². The molecular formula is C31H44N4O3Si. The largest absolute Gasteiger partial charge is 0.530 e. The summed E-state index contributed by atoms with van der Waals surface area (Å²) in [6.07, 6.45) is 4.72. The third-order valence-corrected chi connectivity index (χ3v) is 15.0. The first-order chi connectivity index (χ1) is 18.6. The minimum Gasteiger partial charge on any atom is -0.530 e. The molecule has 0 N–H and O–H groups in total. The number of amides is 1. The number of aromatic nitrogens is 3. The highest BCUT2D eigenvalue weighted by Crippen LogP contribution is 2.43. The van der Waals surface area contributed by atoms with Gasteiger partial charge in [-0.15, -0.1) is 0 Å². The van der Waals surface area contributed by atoms with E-state index in [2.05, 4.69) is 70.5 Å². The van der Waals surface area contributed by atoms with Crippen molar-refractivity contribution in [2.45, 2.75) is 96.9 Å². The Labute approximate surface area is 234 Å². The Bertz CT molecular complexity index is 1320. The number of fused-ring (bicyclic) bond motifs is 2. The summed E-state index contributed by atoms with van der Waals surface area (Å²) in [5.74, 6) is 0.833. The van der Waals surface area contributed by atoms with Gasteiger partial charge in [0, 0.05) is 74.1 Å². The first kappa shape index (κ1) is 27.8. The molecular weight excluding hydrogens is 504 g/mol. The van der Waals surface area contributed by atoms with Crippen LogP contribution in [0, 0.1) is 0 Å². The first-order valence-corrected chi connectivity index (χ1v) is 16.8. The number of hydrogen-bond acceptors (Lipinski definition) is 5. The molecule has 210 valence electrons. The predicted molar refractivity (Wildman–Crippen MR) is 159 cm³/mol. The molecule has 0 bridgehead atoms. The Balaban J connectivity index is 1.59. The van der Waals surface area contributed by atoms with Crippen molar-refractivity contribution in [3.05, 3.63) is 41.7 Å². The van der Waals surface area contributed by atoms with Crippen LogP contribution in [0.1, 0.15) is 78.6 Å². The molecule has 1 fully saturated rings. The van der Waals surface area contributed by atoms with Gasteiger partial charge in [-0.1, -0.05) is 59.7 Å². The van der Waals surface area contributed by atoms with Crippen LogP contribution in [0.25, 0.3) is 22.0 Å². The summed E-state index contributed by atoms with van der Waals surface area (Å²) in [6, 6.07) is 8.83. The van der Waals surface area contributed by atoms with Crippen LogP contribution in [0.3, 0.4) is 0 Å². The van der Waals surface area contributed by atoms with Gasteiger partial charge >= 0.3 is 0 Å². The van der Waals surface area contributed by atoms with Gasteiger partial charge in [-0.2, -0.15) is 5.10 Å². The van der Waals surface area contributed by atoms with Crippen molar-refractivity contribution in [1.82, 2.24) is 19.7 Å². The summed E-state index contributed by atoms with van der Waals surface area (Å²) < 4.78 is 14.8. The standard InChI is InChI=1S/C31H44N4O3Si/c1-20(2)39(21(3)4,22(5)6)38-30-17-24-9-8-10-26(27(24)18-32-30)31-28-19-34(23(7)36)14-11-29(28)35(33-31)25-12-15-37-16-13-25/h8-10,17-18,20-22,25H,11-16,19H2,1-7H3. The Morgan fingerprint density at radius 1 is 1.08 bits per heavy atom. The van der Waals surface area contributed by atoms with Crippen molar-refractivity contribution in [2.75, 3.05) is 19.8 Å². The number of hydrogen-bond donors (Lipinski definition) is 0. The van der Waals surface area contributed by atoms with Crippen molar-refractivity contribution >= 4 is 25.0 Å². The van der Waals surface area contributed by atoms with Gasteiger partial charge in [0.05, 0.1) is 11.7 Å². The number of rotatable bonds is 7. The number of pyridine rings is 1. The summed E-state index contributed by atoms with van der Waals surface area (Å²) >= 11 is 0. The molecule has 0 saturated carbocycles. The molecule has 0 unspecified atom stereocenters. The van der Waals surface area contributed by atoms with Crippen LogP contribution in [0.15, 0.2) is 30.5 Å². The molecule has 1 saturated heterocycles. The molecule has 2 aliphatic rings. The van der Waals surface area contributed by atoms with E-state index in [9.17, 15) is 4.79 Å². The van der Waals surface area contributed by atoms with Crippen molar-refractivity contribution in [2.24, 2.45) is 0 Å². The summed E-state index contributed by atoms with van der Waals surface area (Å²) in [5.41, 5.74) is 5.91. The van der Waals surface area contributed by atoms with E-state index in [4.69, 9.17) is 19.2 Å². The van der Waals surface area contributed by atoms with Gasteiger partial charge in [0.15, 0.2) is 5.88 Å². The van der Waals surface area contributed by atoms with Crippen molar-refractivity contribution in [3.63, 3.8) is 0 Å². The lowest BCUT2D eigenvalue weighted by molar-refractivity contribution is -0.129. The number of carbonyl (C=O) groups is 1. The zero-order valence-corrected chi connectivity index (χ0v) is 25.7. The predicted octanol–water partition coefficient (Wildman–Crippen LogP) is 6.91. The van der Waals surface area contributed by atoms with E-state index in [1.807, 2.05) is 11.1 Å². The zero-order valence-electron chi connectivity index (χ0n) is 24.7. The van der Waals surface area contributed by atoms with Crippen molar-refractivity contribution in [1.29, 1.82) is 0 Å². The molecule has 0 spiro atoms. The fourth-order valence-corrected chi connectivity index (χ4v) is 12.3. The quantitative estimate of drug-likeness (QED) is 0.300. The van der Waals surface area contributed by atoms with Crippen molar-refractivity contribution < 1.29 is 14.0 Å². The molecule has 1 aromatic carbocycles. The maximum atomic E-state index is 12.3. The molecule has 7 nitrogen and oxygen atoms in total. The van der Waals surface area contributed by atoms with Gasteiger partial charge in [-0.3, -0.25) is 9.48 Å². The van der Waals surface area contributed by atoms with Crippen LogP contribution >= 0.6 is 0 Å². The average Bonchev–Trinajstić information content (AvgIpc) is 3.29. The molecule has 0 atom stereocenters. The van der Waals surface area contributed by atoms with Gasteiger partial charge in [-0.25, -0.2) is 4.98 Å². The average molecular weight is 549 g/mol. The maximum absolute atomic E-state index is 12.3. The summed E-state index contributed by atoms with van der Waals surface area (Å²) in [7, 11) is -2.11. The van der Waals surface area contributed by atoms with Crippen LogP contribution in [0.2, 0.25) is 16.6 Å². The maximum Gasteiger partial charge on any atom is 0.260 e. The molecule has 2 aromatic heterocycles. The second-order valence-electron chi connectivity index (χ2n) is 12.2. The number of ether oxygens (including phenoxy) is 1. The van der Waals surface area contributed by atoms with Crippen LogP contribution in [0.5, 0.6) is 5.88 Å². The molecule has 3 aromatic rings. The summed E-state index contributed by atoms with van der Waals surface area (Å²) in [5, 5.41) is 7.42. The molecule has 0 aliphatic carbocycles. The molecule has 1 amide bonds. The van der Waals surface area contributed by atoms with E-state index in [-0.39, 0.29) is 5.91 Å². The van der Waals surface area contributed by atoms with E-state index >= 15 is 0 Å². The van der Waals surface area contributed by atoms with Crippen LogP contribution < -0.4 is 4.43 Å². The Hall–Kier alpha value is -2.71. The second-order valence-corrected chi connectivity index (χ2v) is 17.6. The first-order valence-electron chi connectivity index (χ1n) is 14.6. The van der Waals surface area contributed by atoms with Gasteiger partial charge in [0.2, 0.25) is 5.91 Å². The minimum absolute atomic E-state index is 0.111. The van der Waals surface area contributed by atoms with Gasteiger partial charge in [0.1, 0.15) is 0 Å². The van der Waals surface area contributed by atoms with E-state index in [0.717, 1.165) is 66.9 Å². The van der Waals surface area contributed by atoms with E-state index in [1.54, 1.807) is 6.92 Å². The number of carbonyl (C=O) groups excluding carboxylic acids is 1. The molecule has 8 heteroatoms. The van der Waals surface area contributed by atoms with E-state index in [1.165, 1.54) is 11.3 Å². The normalized spacial score (nSPS) is 16.9. The van der Waals surface area contributed by atoms with E-state index in [0.29, 0.717) is 29.2 Å². The van der Waals surface area contributed by atoms with Gasteiger partial charge in [-0.05, 0) is 34.9 Å². The van der Waals surface area contributed by atoms with Crippen LogP contribution in [-0.4, -0.2) is 53.6 Å². The summed E-state index contributed by atoms with van der Waals surface area (Å²) in [4.78, 5) is 19.1. The number of benzene rings is 1. The van der Waals surface area contributed by atoms with Gasteiger partial charge < -0.3 is 14.1 Å². The molecule has 0 radical (unpaired) electrons. The summed E-state index contributed by atoms with van der Waals surface area (Å²) in [6.45, 7) is 18.3. The molecule has 2 aliphatic heterocycles. The highest BCUT2D eigenvalue weighted by atomic mass is 28.4. The fraction of sp³-hybridized carbons (Fsp3) is 0.581. The lowest BCUT2D eigenvalue weighted by Gasteiger charge is -2.41. The van der Waals surface area contributed by atoms with E-state index < -0.39 is 8.32 Å². The third kappa shape index (κ3) is 5.02. The second kappa shape index (κ2) is 11.0. The molecule has 39 heavy (non-hydrogen) atoms. The Kier molecular flexibility index (Phi) is 7.88. The minimum atomic E-state index is -2.11.